The Hall–Kier alpha value is -0.900. The minimum Gasteiger partial charge on any atom is -0.342 e. The van der Waals surface area contributed by atoms with E-state index >= 15 is 0 Å². The topological polar surface area (TPSA) is 20.3 Å². The lowest BCUT2D eigenvalue weighted by Gasteiger charge is -2.17. The van der Waals surface area contributed by atoms with Gasteiger partial charge < -0.3 is 4.90 Å². The molecular weight excluding hydrogens is 285 g/mol. The van der Waals surface area contributed by atoms with Gasteiger partial charge in [-0.15, -0.1) is 0 Å². The van der Waals surface area contributed by atoms with Crippen LogP contribution in [0.5, 0.6) is 0 Å². The van der Waals surface area contributed by atoms with E-state index in [4.69, 9.17) is 0 Å². The largest absolute Gasteiger partial charge is 0.342 e. The number of amides is 1. The number of hydrogen-bond donors (Lipinski definition) is 0. The third kappa shape index (κ3) is 4.46. The summed E-state index contributed by atoms with van der Waals surface area (Å²) in [5, 5.41) is 0.984. The number of halogens is 2. The molecule has 0 heterocycles. The van der Waals surface area contributed by atoms with Gasteiger partial charge in [-0.25, -0.2) is 4.39 Å². The molecule has 2 nitrogen and oxygen atoms in total. The van der Waals surface area contributed by atoms with Gasteiger partial charge in [0.05, 0.1) is 5.56 Å². The normalized spacial score (nSPS) is 10.3. The van der Waals surface area contributed by atoms with Gasteiger partial charge in [0.1, 0.15) is 5.82 Å². The Morgan fingerprint density at radius 2 is 2.00 bits per heavy atom. The summed E-state index contributed by atoms with van der Waals surface area (Å²) < 4.78 is 13.4. The summed E-state index contributed by atoms with van der Waals surface area (Å²) in [5.74, 6) is -0.702. The first-order valence-corrected chi connectivity index (χ1v) is 6.85. The Morgan fingerprint density at radius 1 is 1.29 bits per heavy atom. The van der Waals surface area contributed by atoms with E-state index in [1.807, 2.05) is 0 Å². The lowest BCUT2D eigenvalue weighted by atomic mass is 10.2. The number of alkyl halides is 1. The number of carbonyl (C=O) groups excluding carboxylic acids is 1. The predicted molar refractivity (Wildman–Crippen MR) is 71.0 cm³/mol. The summed E-state index contributed by atoms with van der Waals surface area (Å²) in [6, 6.07) is 6.09. The average Bonchev–Trinajstić information content (AvgIpc) is 2.34. The summed E-state index contributed by atoms with van der Waals surface area (Å²) in [4.78, 5) is 13.5. The van der Waals surface area contributed by atoms with Crippen molar-refractivity contribution in [3.05, 3.63) is 35.6 Å². The van der Waals surface area contributed by atoms with Crippen LogP contribution >= 0.6 is 15.9 Å². The molecule has 0 fully saturated rings. The maximum Gasteiger partial charge on any atom is 0.256 e. The molecule has 0 bridgehead atoms. The number of benzene rings is 1. The number of nitrogens with zero attached hydrogens (tertiary/aromatic N) is 1. The highest BCUT2D eigenvalue weighted by Crippen LogP contribution is 2.10. The first kappa shape index (κ1) is 14.2. The molecule has 0 aliphatic carbocycles. The van der Waals surface area contributed by atoms with Crippen LogP contribution in [0.4, 0.5) is 4.39 Å². The summed E-state index contributed by atoms with van der Waals surface area (Å²) in [7, 11) is 1.71. The molecule has 1 aromatic rings. The summed E-state index contributed by atoms with van der Waals surface area (Å²) in [6.07, 6.45) is 3.12. The van der Waals surface area contributed by atoms with E-state index in [9.17, 15) is 9.18 Å². The smallest absolute Gasteiger partial charge is 0.256 e. The first-order chi connectivity index (χ1) is 8.16. The molecule has 0 spiro atoms. The van der Waals surface area contributed by atoms with Gasteiger partial charge in [0.25, 0.3) is 5.91 Å². The van der Waals surface area contributed by atoms with Crippen LogP contribution in [0.3, 0.4) is 0 Å². The monoisotopic (exact) mass is 301 g/mol. The molecule has 94 valence electrons. The zero-order valence-corrected chi connectivity index (χ0v) is 11.5. The average molecular weight is 302 g/mol. The van der Waals surface area contributed by atoms with Crippen molar-refractivity contribution in [3.8, 4) is 0 Å². The molecule has 0 aliphatic rings. The molecule has 17 heavy (non-hydrogen) atoms. The number of carbonyl (C=O) groups is 1. The molecule has 0 atom stereocenters. The zero-order chi connectivity index (χ0) is 12.7. The van der Waals surface area contributed by atoms with Gasteiger partial charge in [-0.05, 0) is 25.0 Å². The predicted octanol–water partition coefficient (Wildman–Crippen LogP) is 3.46. The molecule has 1 aromatic carbocycles. The van der Waals surface area contributed by atoms with Crippen molar-refractivity contribution in [1.29, 1.82) is 0 Å². The third-order valence-electron chi connectivity index (χ3n) is 2.58. The van der Waals surface area contributed by atoms with Gasteiger partial charge in [0, 0.05) is 18.9 Å². The minimum atomic E-state index is -0.454. The van der Waals surface area contributed by atoms with Gasteiger partial charge >= 0.3 is 0 Å². The van der Waals surface area contributed by atoms with E-state index < -0.39 is 5.82 Å². The number of hydrogen-bond acceptors (Lipinski definition) is 1. The number of rotatable bonds is 6. The van der Waals surface area contributed by atoms with E-state index in [1.54, 1.807) is 24.1 Å². The van der Waals surface area contributed by atoms with Crippen LogP contribution in [0.1, 0.15) is 29.6 Å². The fourth-order valence-corrected chi connectivity index (χ4v) is 1.96. The summed E-state index contributed by atoms with van der Waals surface area (Å²) in [5.41, 5.74) is 0.149. The molecule has 0 aromatic heterocycles. The van der Waals surface area contributed by atoms with Crippen LogP contribution in [-0.4, -0.2) is 29.7 Å². The number of unbranched alkanes of at least 4 members (excludes halogenated alkanes) is 2. The Morgan fingerprint density at radius 3 is 2.65 bits per heavy atom. The van der Waals surface area contributed by atoms with Crippen LogP contribution in [0.2, 0.25) is 0 Å². The van der Waals surface area contributed by atoms with Crippen molar-refractivity contribution >= 4 is 21.8 Å². The quantitative estimate of drug-likeness (QED) is 0.582. The second-order valence-electron chi connectivity index (χ2n) is 3.96. The van der Waals surface area contributed by atoms with Crippen LogP contribution < -0.4 is 0 Å². The Balaban J connectivity index is 2.49. The van der Waals surface area contributed by atoms with E-state index in [-0.39, 0.29) is 11.5 Å². The van der Waals surface area contributed by atoms with Crippen molar-refractivity contribution in [1.82, 2.24) is 4.90 Å². The van der Waals surface area contributed by atoms with Crippen molar-refractivity contribution in [3.63, 3.8) is 0 Å². The molecular formula is C13H17BrFNO. The van der Waals surface area contributed by atoms with E-state index in [1.165, 1.54) is 12.1 Å². The fourth-order valence-electron chi connectivity index (χ4n) is 1.56. The van der Waals surface area contributed by atoms with Gasteiger partial charge in [-0.2, -0.15) is 0 Å². The highest BCUT2D eigenvalue weighted by molar-refractivity contribution is 9.09. The van der Waals surface area contributed by atoms with Crippen LogP contribution in [0, 0.1) is 5.82 Å². The van der Waals surface area contributed by atoms with Gasteiger partial charge in [0.15, 0.2) is 0 Å². The van der Waals surface area contributed by atoms with Crippen molar-refractivity contribution in [2.45, 2.75) is 19.3 Å². The minimum absolute atomic E-state index is 0.149. The third-order valence-corrected chi connectivity index (χ3v) is 3.14. The first-order valence-electron chi connectivity index (χ1n) is 5.72. The molecule has 0 aliphatic heterocycles. The van der Waals surface area contributed by atoms with E-state index in [0.717, 1.165) is 24.6 Å². The molecule has 0 saturated carbocycles. The highest BCUT2D eigenvalue weighted by atomic mass is 79.9. The molecule has 1 amide bonds. The molecule has 0 N–H and O–H groups in total. The SMILES string of the molecule is CN(CCCCCBr)C(=O)c1ccccc1F. The van der Waals surface area contributed by atoms with Crippen molar-refractivity contribution in [2.75, 3.05) is 18.9 Å². The Labute approximate surface area is 110 Å². The summed E-state index contributed by atoms with van der Waals surface area (Å²) in [6.45, 7) is 0.667. The molecule has 0 unspecified atom stereocenters. The van der Waals surface area contributed by atoms with Crippen LogP contribution in [-0.2, 0) is 0 Å². The maximum atomic E-state index is 13.4. The Kier molecular flexibility index (Phi) is 6.19. The van der Waals surface area contributed by atoms with E-state index in [2.05, 4.69) is 15.9 Å². The van der Waals surface area contributed by atoms with Crippen molar-refractivity contribution < 1.29 is 9.18 Å². The molecule has 0 saturated heterocycles. The second kappa shape index (κ2) is 7.43. The highest BCUT2D eigenvalue weighted by Gasteiger charge is 2.14. The lowest BCUT2D eigenvalue weighted by Crippen LogP contribution is -2.28. The van der Waals surface area contributed by atoms with Gasteiger partial charge in [0.2, 0.25) is 0 Å². The standard InChI is InChI=1S/C13H17BrFNO/c1-16(10-6-2-5-9-14)13(17)11-7-3-4-8-12(11)15/h3-4,7-8H,2,5-6,9-10H2,1H3. The molecule has 4 heteroatoms. The van der Waals surface area contributed by atoms with Gasteiger partial charge in [-0.3, -0.25) is 4.79 Å². The van der Waals surface area contributed by atoms with E-state index in [0.29, 0.717) is 6.54 Å². The Bertz CT molecular complexity index is 370. The van der Waals surface area contributed by atoms with Gasteiger partial charge in [-0.1, -0.05) is 34.5 Å². The molecule has 1 rings (SSSR count). The fraction of sp³-hybridized carbons (Fsp3) is 0.462. The second-order valence-corrected chi connectivity index (χ2v) is 4.75. The summed E-state index contributed by atoms with van der Waals surface area (Å²) >= 11 is 3.36. The van der Waals surface area contributed by atoms with Crippen molar-refractivity contribution in [2.24, 2.45) is 0 Å². The van der Waals surface area contributed by atoms with Crippen LogP contribution in [0.25, 0.3) is 0 Å². The molecule has 0 radical (unpaired) electrons. The maximum absolute atomic E-state index is 13.4. The lowest BCUT2D eigenvalue weighted by molar-refractivity contribution is 0.0788. The zero-order valence-electron chi connectivity index (χ0n) is 9.96. The van der Waals surface area contributed by atoms with Crippen LogP contribution in [0.15, 0.2) is 24.3 Å².